The van der Waals surface area contributed by atoms with Crippen LogP contribution in [0.5, 0.6) is 0 Å². The van der Waals surface area contributed by atoms with Gasteiger partial charge in [-0.25, -0.2) is 4.79 Å². The Hall–Kier alpha value is -1.29. The Morgan fingerprint density at radius 3 is 2.94 bits per heavy atom. The Bertz CT molecular complexity index is 331. The first kappa shape index (κ1) is 12.8. The molecule has 1 aromatic heterocycles. The van der Waals surface area contributed by atoms with Crippen molar-refractivity contribution in [3.8, 4) is 0 Å². The van der Waals surface area contributed by atoms with Crippen LogP contribution in [0, 0.1) is 5.92 Å². The molecule has 1 heterocycles. The SMILES string of the molecule is COC(=O)c1coc(CNCCC(C)C)c1. The summed E-state index contributed by atoms with van der Waals surface area (Å²) in [5, 5.41) is 3.26. The van der Waals surface area contributed by atoms with Crippen molar-refractivity contribution in [2.24, 2.45) is 5.92 Å². The lowest BCUT2D eigenvalue weighted by Gasteiger charge is -2.04. The third-order valence-electron chi connectivity index (χ3n) is 2.27. The Morgan fingerprint density at radius 2 is 2.31 bits per heavy atom. The van der Waals surface area contributed by atoms with Gasteiger partial charge in [0.1, 0.15) is 12.0 Å². The van der Waals surface area contributed by atoms with E-state index >= 15 is 0 Å². The second kappa shape index (κ2) is 6.33. The number of carbonyl (C=O) groups is 1. The van der Waals surface area contributed by atoms with Crippen LogP contribution < -0.4 is 5.32 Å². The minimum absolute atomic E-state index is 0.364. The molecule has 0 saturated heterocycles. The van der Waals surface area contributed by atoms with Gasteiger partial charge in [0.05, 0.1) is 19.2 Å². The zero-order valence-corrected chi connectivity index (χ0v) is 10.1. The summed E-state index contributed by atoms with van der Waals surface area (Å²) in [7, 11) is 1.36. The van der Waals surface area contributed by atoms with Gasteiger partial charge in [-0.2, -0.15) is 0 Å². The van der Waals surface area contributed by atoms with Crippen molar-refractivity contribution in [3.63, 3.8) is 0 Å². The van der Waals surface area contributed by atoms with Gasteiger partial charge in [0.15, 0.2) is 0 Å². The predicted octanol–water partition coefficient (Wildman–Crippen LogP) is 2.20. The van der Waals surface area contributed by atoms with Gasteiger partial charge >= 0.3 is 5.97 Å². The highest BCUT2D eigenvalue weighted by Gasteiger charge is 2.09. The van der Waals surface area contributed by atoms with Gasteiger partial charge in [0.2, 0.25) is 0 Å². The molecular weight excluding hydrogens is 206 g/mol. The molecule has 0 amide bonds. The molecular formula is C12H19NO3. The normalized spacial score (nSPS) is 10.8. The topological polar surface area (TPSA) is 51.5 Å². The zero-order valence-electron chi connectivity index (χ0n) is 10.1. The van der Waals surface area contributed by atoms with Crippen LogP contribution in [0.1, 0.15) is 36.4 Å². The maximum atomic E-state index is 11.1. The van der Waals surface area contributed by atoms with E-state index in [2.05, 4.69) is 23.9 Å². The van der Waals surface area contributed by atoms with Crippen LogP contribution in [0.4, 0.5) is 0 Å². The van der Waals surface area contributed by atoms with Gasteiger partial charge in [-0.3, -0.25) is 0 Å². The summed E-state index contributed by atoms with van der Waals surface area (Å²) in [5.74, 6) is 1.08. The van der Waals surface area contributed by atoms with Gasteiger partial charge in [-0.1, -0.05) is 13.8 Å². The van der Waals surface area contributed by atoms with Crippen molar-refractivity contribution in [2.75, 3.05) is 13.7 Å². The summed E-state index contributed by atoms with van der Waals surface area (Å²) in [4.78, 5) is 11.1. The number of methoxy groups -OCH3 is 1. The Balaban J connectivity index is 2.32. The summed E-state index contributed by atoms with van der Waals surface area (Å²) in [6.45, 7) is 5.96. The molecule has 0 spiro atoms. The Labute approximate surface area is 96.0 Å². The van der Waals surface area contributed by atoms with E-state index < -0.39 is 0 Å². The number of rotatable bonds is 6. The number of esters is 1. The molecule has 1 N–H and O–H groups in total. The highest BCUT2D eigenvalue weighted by atomic mass is 16.5. The van der Waals surface area contributed by atoms with E-state index in [0.29, 0.717) is 18.0 Å². The van der Waals surface area contributed by atoms with Crippen LogP contribution in [0.3, 0.4) is 0 Å². The molecule has 90 valence electrons. The third kappa shape index (κ3) is 4.06. The third-order valence-corrected chi connectivity index (χ3v) is 2.27. The van der Waals surface area contributed by atoms with Gasteiger partial charge in [0.25, 0.3) is 0 Å². The number of furan rings is 1. The van der Waals surface area contributed by atoms with E-state index in [1.807, 2.05) is 0 Å². The first-order valence-corrected chi connectivity index (χ1v) is 5.50. The van der Waals surface area contributed by atoms with Crippen LogP contribution in [-0.2, 0) is 11.3 Å². The largest absolute Gasteiger partial charge is 0.467 e. The van der Waals surface area contributed by atoms with Crippen molar-refractivity contribution in [3.05, 3.63) is 23.7 Å². The summed E-state index contributed by atoms with van der Waals surface area (Å²) in [5.41, 5.74) is 0.461. The molecule has 4 nitrogen and oxygen atoms in total. The minimum Gasteiger partial charge on any atom is -0.467 e. The van der Waals surface area contributed by atoms with Crippen LogP contribution in [0.2, 0.25) is 0 Å². The maximum absolute atomic E-state index is 11.1. The molecule has 0 aliphatic heterocycles. The average molecular weight is 225 g/mol. The first-order chi connectivity index (χ1) is 7.63. The van der Waals surface area contributed by atoms with E-state index in [9.17, 15) is 4.79 Å². The lowest BCUT2D eigenvalue weighted by molar-refractivity contribution is 0.0600. The quantitative estimate of drug-likeness (QED) is 0.595. The smallest absolute Gasteiger partial charge is 0.341 e. The lowest BCUT2D eigenvalue weighted by atomic mass is 10.1. The van der Waals surface area contributed by atoms with E-state index in [1.165, 1.54) is 13.4 Å². The molecule has 16 heavy (non-hydrogen) atoms. The number of hydrogen-bond donors (Lipinski definition) is 1. The molecule has 0 radical (unpaired) electrons. The molecule has 1 aromatic rings. The second-order valence-corrected chi connectivity index (χ2v) is 4.15. The molecule has 0 fully saturated rings. The highest BCUT2D eigenvalue weighted by Crippen LogP contribution is 2.08. The lowest BCUT2D eigenvalue weighted by Crippen LogP contribution is -2.15. The molecule has 0 bridgehead atoms. The first-order valence-electron chi connectivity index (χ1n) is 5.50. The van der Waals surface area contributed by atoms with Crippen LogP contribution in [0.15, 0.2) is 16.7 Å². The van der Waals surface area contributed by atoms with Crippen molar-refractivity contribution in [2.45, 2.75) is 26.8 Å². The molecule has 0 aliphatic rings. The Morgan fingerprint density at radius 1 is 1.56 bits per heavy atom. The zero-order chi connectivity index (χ0) is 12.0. The summed E-state index contributed by atoms with van der Waals surface area (Å²) in [6, 6.07) is 1.70. The van der Waals surface area contributed by atoms with Crippen LogP contribution in [0.25, 0.3) is 0 Å². The Kier molecular flexibility index (Phi) is 5.05. The van der Waals surface area contributed by atoms with Crippen LogP contribution in [-0.4, -0.2) is 19.6 Å². The maximum Gasteiger partial charge on any atom is 0.341 e. The monoisotopic (exact) mass is 225 g/mol. The number of ether oxygens (including phenoxy) is 1. The number of nitrogens with one attached hydrogen (secondary N) is 1. The fourth-order valence-electron chi connectivity index (χ4n) is 1.30. The molecule has 0 unspecified atom stereocenters. The fourth-order valence-corrected chi connectivity index (χ4v) is 1.30. The van der Waals surface area contributed by atoms with Gasteiger partial charge in [-0.05, 0) is 24.9 Å². The van der Waals surface area contributed by atoms with Gasteiger partial charge in [-0.15, -0.1) is 0 Å². The van der Waals surface area contributed by atoms with Crippen molar-refractivity contribution in [1.29, 1.82) is 0 Å². The molecule has 0 aliphatic carbocycles. The molecule has 0 atom stereocenters. The molecule has 0 aromatic carbocycles. The minimum atomic E-state index is -0.364. The van der Waals surface area contributed by atoms with Gasteiger partial charge in [0, 0.05) is 0 Å². The standard InChI is InChI=1S/C12H19NO3/c1-9(2)4-5-13-7-11-6-10(8-16-11)12(14)15-3/h6,8-9,13H,4-5,7H2,1-3H3. The summed E-state index contributed by atoms with van der Waals surface area (Å²) < 4.78 is 9.82. The van der Waals surface area contributed by atoms with E-state index in [1.54, 1.807) is 6.07 Å². The van der Waals surface area contributed by atoms with E-state index in [4.69, 9.17) is 4.42 Å². The van der Waals surface area contributed by atoms with E-state index in [0.717, 1.165) is 18.7 Å². The van der Waals surface area contributed by atoms with Crippen molar-refractivity contribution in [1.82, 2.24) is 5.32 Å². The highest BCUT2D eigenvalue weighted by molar-refractivity contribution is 5.88. The van der Waals surface area contributed by atoms with Crippen molar-refractivity contribution >= 4 is 5.97 Å². The molecule has 4 heteroatoms. The average Bonchev–Trinajstić information content (AvgIpc) is 2.71. The predicted molar refractivity (Wildman–Crippen MR) is 61.2 cm³/mol. The van der Waals surface area contributed by atoms with Crippen molar-refractivity contribution < 1.29 is 13.9 Å². The summed E-state index contributed by atoms with van der Waals surface area (Å²) in [6.07, 6.45) is 2.55. The van der Waals surface area contributed by atoms with Gasteiger partial charge < -0.3 is 14.5 Å². The summed E-state index contributed by atoms with van der Waals surface area (Å²) >= 11 is 0. The fraction of sp³-hybridized carbons (Fsp3) is 0.583. The second-order valence-electron chi connectivity index (χ2n) is 4.15. The van der Waals surface area contributed by atoms with E-state index in [-0.39, 0.29) is 5.97 Å². The number of hydrogen-bond acceptors (Lipinski definition) is 4. The molecule has 0 saturated carbocycles. The van der Waals surface area contributed by atoms with Crippen LogP contribution >= 0.6 is 0 Å². The number of carbonyl (C=O) groups excluding carboxylic acids is 1. The molecule has 1 rings (SSSR count).